The van der Waals surface area contributed by atoms with Gasteiger partial charge < -0.3 is 14.8 Å². The summed E-state index contributed by atoms with van der Waals surface area (Å²) in [5.74, 6) is 1.20. The minimum atomic E-state index is 0.134. The van der Waals surface area contributed by atoms with Crippen LogP contribution in [0.2, 0.25) is 0 Å². The maximum atomic E-state index is 9.07. The molecular formula is C9H15N3O2. The van der Waals surface area contributed by atoms with Gasteiger partial charge in [0.05, 0.1) is 6.54 Å². The first kappa shape index (κ1) is 9.61. The van der Waals surface area contributed by atoms with Crippen molar-refractivity contribution in [1.82, 2.24) is 15.5 Å². The van der Waals surface area contributed by atoms with E-state index >= 15 is 0 Å². The van der Waals surface area contributed by atoms with Crippen LogP contribution in [0.4, 0.5) is 0 Å². The van der Waals surface area contributed by atoms with Crippen LogP contribution >= 0.6 is 0 Å². The topological polar surface area (TPSA) is 71.2 Å². The van der Waals surface area contributed by atoms with Crippen LogP contribution in [0.3, 0.4) is 0 Å². The second-order valence-electron chi connectivity index (χ2n) is 3.98. The van der Waals surface area contributed by atoms with Crippen LogP contribution in [0.25, 0.3) is 0 Å². The van der Waals surface area contributed by atoms with E-state index in [2.05, 4.69) is 15.5 Å². The zero-order valence-electron chi connectivity index (χ0n) is 8.29. The summed E-state index contributed by atoms with van der Waals surface area (Å²) >= 11 is 0. The van der Waals surface area contributed by atoms with E-state index in [0.29, 0.717) is 18.3 Å². The van der Waals surface area contributed by atoms with Gasteiger partial charge in [-0.3, -0.25) is 0 Å². The average Bonchev–Trinajstić information content (AvgIpc) is 2.84. The van der Waals surface area contributed by atoms with Crippen molar-refractivity contribution in [3.05, 3.63) is 11.8 Å². The van der Waals surface area contributed by atoms with Crippen LogP contribution in [0.5, 0.6) is 0 Å². The molecule has 1 saturated carbocycles. The third kappa shape index (κ3) is 2.10. The summed E-state index contributed by atoms with van der Waals surface area (Å²) in [6, 6.07) is 0. The second-order valence-corrected chi connectivity index (χ2v) is 3.98. The van der Waals surface area contributed by atoms with Crippen molar-refractivity contribution >= 4 is 0 Å². The van der Waals surface area contributed by atoms with Gasteiger partial charge in [0.2, 0.25) is 11.8 Å². The SMILES string of the molecule is Cc1nnc(CNCC2(CO)CC2)o1. The van der Waals surface area contributed by atoms with Gasteiger partial charge >= 0.3 is 0 Å². The Bertz CT molecular complexity index is 307. The Morgan fingerprint density at radius 1 is 1.50 bits per heavy atom. The fourth-order valence-corrected chi connectivity index (χ4v) is 1.41. The van der Waals surface area contributed by atoms with Gasteiger partial charge in [0.1, 0.15) is 0 Å². The van der Waals surface area contributed by atoms with Gasteiger partial charge in [0.15, 0.2) is 0 Å². The molecule has 1 aliphatic rings. The Labute approximate surface area is 82.5 Å². The largest absolute Gasteiger partial charge is 0.424 e. The van der Waals surface area contributed by atoms with Crippen LogP contribution in [-0.2, 0) is 6.54 Å². The summed E-state index contributed by atoms with van der Waals surface area (Å²) in [6.07, 6.45) is 2.22. The molecule has 5 heteroatoms. The molecule has 1 aromatic heterocycles. The summed E-state index contributed by atoms with van der Waals surface area (Å²) < 4.78 is 5.21. The molecule has 0 unspecified atom stereocenters. The molecule has 0 saturated heterocycles. The van der Waals surface area contributed by atoms with E-state index in [1.165, 1.54) is 0 Å². The van der Waals surface area contributed by atoms with Crippen LogP contribution in [0.15, 0.2) is 4.42 Å². The zero-order valence-corrected chi connectivity index (χ0v) is 8.29. The van der Waals surface area contributed by atoms with Gasteiger partial charge in [-0.25, -0.2) is 0 Å². The van der Waals surface area contributed by atoms with Gasteiger partial charge in [0, 0.05) is 25.5 Å². The van der Waals surface area contributed by atoms with Crippen LogP contribution in [0.1, 0.15) is 24.6 Å². The van der Waals surface area contributed by atoms with E-state index < -0.39 is 0 Å². The molecule has 0 spiro atoms. The molecule has 2 N–H and O–H groups in total. The highest BCUT2D eigenvalue weighted by molar-refractivity contribution is 4.94. The highest BCUT2D eigenvalue weighted by Crippen LogP contribution is 2.44. The molecular weight excluding hydrogens is 182 g/mol. The zero-order chi connectivity index (χ0) is 10.0. The number of nitrogens with one attached hydrogen (secondary N) is 1. The van der Waals surface area contributed by atoms with Crippen molar-refractivity contribution in [2.75, 3.05) is 13.2 Å². The third-order valence-electron chi connectivity index (χ3n) is 2.64. The van der Waals surface area contributed by atoms with E-state index in [9.17, 15) is 0 Å². The number of aromatic nitrogens is 2. The lowest BCUT2D eigenvalue weighted by molar-refractivity contribution is 0.206. The quantitative estimate of drug-likeness (QED) is 0.707. The minimum absolute atomic E-state index is 0.134. The van der Waals surface area contributed by atoms with Crippen molar-refractivity contribution in [2.45, 2.75) is 26.3 Å². The van der Waals surface area contributed by atoms with E-state index in [0.717, 1.165) is 19.4 Å². The first-order valence-corrected chi connectivity index (χ1v) is 4.85. The highest BCUT2D eigenvalue weighted by atomic mass is 16.4. The van der Waals surface area contributed by atoms with Gasteiger partial charge in [0.25, 0.3) is 0 Å². The number of aliphatic hydroxyl groups is 1. The molecule has 0 amide bonds. The predicted molar refractivity (Wildman–Crippen MR) is 49.5 cm³/mol. The van der Waals surface area contributed by atoms with E-state index in [1.54, 1.807) is 6.92 Å². The fraction of sp³-hybridized carbons (Fsp3) is 0.778. The normalized spacial score (nSPS) is 18.4. The van der Waals surface area contributed by atoms with Crippen molar-refractivity contribution < 1.29 is 9.52 Å². The Balaban J connectivity index is 1.73. The van der Waals surface area contributed by atoms with Crippen molar-refractivity contribution in [2.24, 2.45) is 5.41 Å². The summed E-state index contributed by atoms with van der Waals surface area (Å²) in [7, 11) is 0. The molecule has 0 atom stereocenters. The molecule has 0 radical (unpaired) electrons. The first-order chi connectivity index (χ1) is 6.74. The highest BCUT2D eigenvalue weighted by Gasteiger charge is 2.41. The third-order valence-corrected chi connectivity index (χ3v) is 2.64. The molecule has 14 heavy (non-hydrogen) atoms. The molecule has 0 aromatic carbocycles. The molecule has 1 aromatic rings. The first-order valence-electron chi connectivity index (χ1n) is 4.85. The van der Waals surface area contributed by atoms with E-state index in [4.69, 9.17) is 9.52 Å². The summed E-state index contributed by atoms with van der Waals surface area (Å²) in [6.45, 7) is 3.45. The number of aryl methyl sites for hydroxylation is 1. The number of rotatable bonds is 5. The number of hydrogen-bond donors (Lipinski definition) is 2. The smallest absolute Gasteiger partial charge is 0.230 e. The molecule has 0 aliphatic heterocycles. The maximum absolute atomic E-state index is 9.07. The van der Waals surface area contributed by atoms with Crippen LogP contribution in [-0.4, -0.2) is 28.5 Å². The van der Waals surface area contributed by atoms with Gasteiger partial charge in [-0.2, -0.15) is 0 Å². The molecule has 0 bridgehead atoms. The molecule has 5 nitrogen and oxygen atoms in total. The molecule has 1 heterocycles. The van der Waals surface area contributed by atoms with Crippen molar-refractivity contribution in [3.8, 4) is 0 Å². The lowest BCUT2D eigenvalue weighted by Gasteiger charge is -2.10. The Hall–Kier alpha value is -0.940. The van der Waals surface area contributed by atoms with Gasteiger partial charge in [-0.1, -0.05) is 0 Å². The molecule has 1 aliphatic carbocycles. The minimum Gasteiger partial charge on any atom is -0.424 e. The van der Waals surface area contributed by atoms with Gasteiger partial charge in [-0.15, -0.1) is 10.2 Å². The predicted octanol–water partition coefficient (Wildman–Crippen LogP) is 0.240. The standard InChI is InChI=1S/C9H15N3O2/c1-7-11-12-8(14-7)4-10-5-9(6-13)2-3-9/h10,13H,2-6H2,1H3. The monoisotopic (exact) mass is 197 g/mol. The summed E-state index contributed by atoms with van der Waals surface area (Å²) in [4.78, 5) is 0. The molecule has 1 fully saturated rings. The number of aliphatic hydroxyl groups excluding tert-OH is 1. The second kappa shape index (κ2) is 3.67. The molecule has 78 valence electrons. The van der Waals surface area contributed by atoms with E-state index in [1.807, 2.05) is 0 Å². The average molecular weight is 197 g/mol. The van der Waals surface area contributed by atoms with E-state index in [-0.39, 0.29) is 12.0 Å². The summed E-state index contributed by atoms with van der Waals surface area (Å²) in [5, 5.41) is 19.9. The van der Waals surface area contributed by atoms with Crippen LogP contribution < -0.4 is 5.32 Å². The van der Waals surface area contributed by atoms with Gasteiger partial charge in [-0.05, 0) is 12.8 Å². The number of nitrogens with zero attached hydrogens (tertiary/aromatic N) is 2. The Morgan fingerprint density at radius 3 is 2.79 bits per heavy atom. The Morgan fingerprint density at radius 2 is 2.29 bits per heavy atom. The van der Waals surface area contributed by atoms with Crippen molar-refractivity contribution in [3.63, 3.8) is 0 Å². The number of hydrogen-bond acceptors (Lipinski definition) is 5. The Kier molecular flexibility index (Phi) is 2.52. The maximum Gasteiger partial charge on any atom is 0.230 e. The van der Waals surface area contributed by atoms with Crippen molar-refractivity contribution in [1.29, 1.82) is 0 Å². The molecule has 2 rings (SSSR count). The lowest BCUT2D eigenvalue weighted by Crippen LogP contribution is -2.26. The fourth-order valence-electron chi connectivity index (χ4n) is 1.41. The van der Waals surface area contributed by atoms with Crippen LogP contribution in [0, 0.1) is 12.3 Å². The summed E-state index contributed by atoms with van der Waals surface area (Å²) in [5.41, 5.74) is 0.134. The lowest BCUT2D eigenvalue weighted by atomic mass is 10.1.